The van der Waals surface area contributed by atoms with E-state index >= 15 is 0 Å². The van der Waals surface area contributed by atoms with E-state index in [0.29, 0.717) is 17.9 Å². The monoisotopic (exact) mass is 322 g/mol. The maximum absolute atomic E-state index is 9.09. The third-order valence-corrected chi connectivity index (χ3v) is 4.13. The van der Waals surface area contributed by atoms with Gasteiger partial charge in [0, 0.05) is 21.3 Å². The third kappa shape index (κ3) is 2.84. The molecule has 0 radical (unpaired) electrons. The van der Waals surface area contributed by atoms with E-state index in [-0.39, 0.29) is 0 Å². The molecule has 0 aliphatic carbocycles. The molecule has 0 aliphatic heterocycles. The number of benzene rings is 1. The van der Waals surface area contributed by atoms with E-state index in [4.69, 9.17) is 10.00 Å². The Morgan fingerprint density at radius 2 is 2.33 bits per heavy atom. The summed E-state index contributed by atoms with van der Waals surface area (Å²) in [5, 5.41) is 14.4. The number of nitrogens with one attached hydrogen (secondary N) is 1. The highest BCUT2D eigenvalue weighted by Gasteiger charge is 2.08. The van der Waals surface area contributed by atoms with Crippen LogP contribution in [0.3, 0.4) is 0 Å². The minimum Gasteiger partial charge on any atom is -0.495 e. The van der Waals surface area contributed by atoms with Gasteiger partial charge >= 0.3 is 0 Å². The first-order valence-electron chi connectivity index (χ1n) is 5.28. The molecular formula is C13H11BrN2OS. The zero-order chi connectivity index (χ0) is 13.0. The SMILES string of the molecule is COc1cccc(C#N)c1NCc1cc(Br)cs1. The van der Waals surface area contributed by atoms with Crippen molar-refractivity contribution >= 4 is 33.0 Å². The van der Waals surface area contributed by atoms with Gasteiger partial charge in [0.25, 0.3) is 0 Å². The van der Waals surface area contributed by atoms with Gasteiger partial charge in [-0.25, -0.2) is 0 Å². The molecule has 0 spiro atoms. The van der Waals surface area contributed by atoms with Crippen LogP contribution in [-0.2, 0) is 6.54 Å². The predicted molar refractivity (Wildman–Crippen MR) is 77.1 cm³/mol. The van der Waals surface area contributed by atoms with Crippen LogP contribution in [-0.4, -0.2) is 7.11 Å². The van der Waals surface area contributed by atoms with Crippen molar-refractivity contribution in [3.8, 4) is 11.8 Å². The Bertz CT molecular complexity index is 589. The summed E-state index contributed by atoms with van der Waals surface area (Å²) < 4.78 is 6.34. The second-order valence-electron chi connectivity index (χ2n) is 3.58. The van der Waals surface area contributed by atoms with Crippen molar-refractivity contribution in [2.45, 2.75) is 6.54 Å². The summed E-state index contributed by atoms with van der Waals surface area (Å²) in [5.41, 5.74) is 1.33. The van der Waals surface area contributed by atoms with Gasteiger partial charge in [0.2, 0.25) is 0 Å². The fraction of sp³-hybridized carbons (Fsp3) is 0.154. The number of hydrogen-bond donors (Lipinski definition) is 1. The first-order chi connectivity index (χ1) is 8.74. The molecule has 1 aromatic heterocycles. The lowest BCUT2D eigenvalue weighted by Crippen LogP contribution is -2.02. The van der Waals surface area contributed by atoms with Crippen molar-refractivity contribution in [1.29, 1.82) is 5.26 Å². The summed E-state index contributed by atoms with van der Waals surface area (Å²) in [5.74, 6) is 0.685. The molecule has 1 heterocycles. The van der Waals surface area contributed by atoms with Crippen LogP contribution in [0.4, 0.5) is 5.69 Å². The first-order valence-corrected chi connectivity index (χ1v) is 6.95. The largest absolute Gasteiger partial charge is 0.495 e. The Balaban J connectivity index is 2.20. The van der Waals surface area contributed by atoms with Crippen LogP contribution in [0.15, 0.2) is 34.1 Å². The van der Waals surface area contributed by atoms with E-state index in [1.54, 1.807) is 24.5 Å². The molecule has 0 fully saturated rings. The first kappa shape index (κ1) is 12.9. The number of nitriles is 1. The number of para-hydroxylation sites is 1. The highest BCUT2D eigenvalue weighted by molar-refractivity contribution is 9.10. The van der Waals surface area contributed by atoms with Crippen LogP contribution in [0.1, 0.15) is 10.4 Å². The van der Waals surface area contributed by atoms with Gasteiger partial charge in [-0.15, -0.1) is 11.3 Å². The predicted octanol–water partition coefficient (Wildman–Crippen LogP) is 4.00. The molecule has 2 rings (SSSR count). The van der Waals surface area contributed by atoms with Gasteiger partial charge in [-0.3, -0.25) is 0 Å². The fourth-order valence-electron chi connectivity index (χ4n) is 1.60. The molecule has 1 N–H and O–H groups in total. The normalized spacial score (nSPS) is 9.83. The van der Waals surface area contributed by atoms with E-state index < -0.39 is 0 Å². The molecule has 1 aromatic carbocycles. The maximum Gasteiger partial charge on any atom is 0.143 e. The highest BCUT2D eigenvalue weighted by atomic mass is 79.9. The van der Waals surface area contributed by atoms with Crippen molar-refractivity contribution in [3.05, 3.63) is 44.6 Å². The lowest BCUT2D eigenvalue weighted by Gasteiger charge is -2.11. The molecule has 0 atom stereocenters. The van der Waals surface area contributed by atoms with E-state index in [1.165, 1.54) is 4.88 Å². The van der Waals surface area contributed by atoms with Crippen molar-refractivity contribution in [2.75, 3.05) is 12.4 Å². The van der Waals surface area contributed by atoms with Gasteiger partial charge in [-0.2, -0.15) is 5.26 Å². The minimum absolute atomic E-state index is 0.588. The van der Waals surface area contributed by atoms with Gasteiger partial charge in [-0.05, 0) is 34.1 Å². The van der Waals surface area contributed by atoms with Crippen LogP contribution in [0, 0.1) is 11.3 Å². The number of hydrogen-bond acceptors (Lipinski definition) is 4. The lowest BCUT2D eigenvalue weighted by molar-refractivity contribution is 0.416. The number of methoxy groups -OCH3 is 1. The van der Waals surface area contributed by atoms with E-state index in [9.17, 15) is 0 Å². The zero-order valence-corrected chi connectivity index (χ0v) is 12.1. The fourth-order valence-corrected chi connectivity index (χ4v) is 2.99. The maximum atomic E-state index is 9.09. The molecule has 3 nitrogen and oxygen atoms in total. The number of ether oxygens (including phenoxy) is 1. The van der Waals surface area contributed by atoms with Crippen LogP contribution in [0.2, 0.25) is 0 Å². The molecule has 5 heteroatoms. The van der Waals surface area contributed by atoms with Crippen LogP contribution in [0.5, 0.6) is 5.75 Å². The number of rotatable bonds is 4. The summed E-state index contributed by atoms with van der Waals surface area (Å²) in [4.78, 5) is 1.19. The molecular weight excluding hydrogens is 312 g/mol. The van der Waals surface area contributed by atoms with Gasteiger partial charge in [0.1, 0.15) is 11.8 Å². The molecule has 0 saturated heterocycles. The summed E-state index contributed by atoms with van der Waals surface area (Å²) in [7, 11) is 1.60. The number of nitrogens with zero attached hydrogens (tertiary/aromatic N) is 1. The Labute approximate surface area is 118 Å². The van der Waals surface area contributed by atoms with Crippen LogP contribution in [0.25, 0.3) is 0 Å². The minimum atomic E-state index is 0.588. The van der Waals surface area contributed by atoms with E-state index in [1.807, 2.05) is 17.5 Å². The molecule has 0 amide bonds. The quantitative estimate of drug-likeness (QED) is 0.925. The summed E-state index contributed by atoms with van der Waals surface area (Å²) in [6, 6.07) is 9.64. The third-order valence-electron chi connectivity index (χ3n) is 2.43. The Morgan fingerprint density at radius 1 is 1.50 bits per heavy atom. The number of anilines is 1. The highest BCUT2D eigenvalue weighted by Crippen LogP contribution is 2.29. The van der Waals surface area contributed by atoms with Gasteiger partial charge in [-0.1, -0.05) is 6.07 Å². The Morgan fingerprint density at radius 3 is 2.94 bits per heavy atom. The van der Waals surface area contributed by atoms with Crippen LogP contribution >= 0.6 is 27.3 Å². The summed E-state index contributed by atoms with van der Waals surface area (Å²) >= 11 is 5.08. The molecule has 0 saturated carbocycles. The molecule has 92 valence electrons. The van der Waals surface area contributed by atoms with Crippen molar-refractivity contribution in [1.82, 2.24) is 0 Å². The second kappa shape index (κ2) is 5.89. The Kier molecular flexibility index (Phi) is 4.24. The van der Waals surface area contributed by atoms with Gasteiger partial charge in [0.05, 0.1) is 18.4 Å². The smallest absolute Gasteiger partial charge is 0.143 e. The average molecular weight is 323 g/mol. The van der Waals surface area contributed by atoms with Crippen molar-refractivity contribution in [3.63, 3.8) is 0 Å². The second-order valence-corrected chi connectivity index (χ2v) is 5.49. The van der Waals surface area contributed by atoms with E-state index in [2.05, 4.69) is 33.4 Å². The number of thiophene rings is 1. The Hall–Kier alpha value is -1.51. The van der Waals surface area contributed by atoms with Crippen molar-refractivity contribution in [2.24, 2.45) is 0 Å². The van der Waals surface area contributed by atoms with Crippen molar-refractivity contribution < 1.29 is 4.74 Å². The number of halogens is 1. The molecule has 0 bridgehead atoms. The molecule has 18 heavy (non-hydrogen) atoms. The molecule has 0 unspecified atom stereocenters. The summed E-state index contributed by atoms with van der Waals surface area (Å²) in [6.07, 6.45) is 0. The molecule has 2 aromatic rings. The standard InChI is InChI=1S/C13H11BrN2OS/c1-17-12-4-2-3-9(6-15)13(12)16-7-11-5-10(14)8-18-11/h2-5,8,16H,7H2,1H3. The topological polar surface area (TPSA) is 45.0 Å². The summed E-state index contributed by atoms with van der Waals surface area (Å²) in [6.45, 7) is 0.672. The van der Waals surface area contributed by atoms with Gasteiger partial charge < -0.3 is 10.1 Å². The zero-order valence-electron chi connectivity index (χ0n) is 9.74. The molecule has 0 aliphatic rings. The van der Waals surface area contributed by atoms with Crippen LogP contribution < -0.4 is 10.1 Å². The van der Waals surface area contributed by atoms with Gasteiger partial charge in [0.15, 0.2) is 0 Å². The lowest BCUT2D eigenvalue weighted by atomic mass is 10.2. The average Bonchev–Trinajstić information content (AvgIpc) is 2.81. The van der Waals surface area contributed by atoms with E-state index in [0.717, 1.165) is 10.2 Å².